The molecule has 0 aliphatic heterocycles. The van der Waals surface area contributed by atoms with Crippen molar-refractivity contribution in [2.75, 3.05) is 45.5 Å². The second-order valence-corrected chi connectivity index (χ2v) is 9.62. The summed E-state index contributed by atoms with van der Waals surface area (Å²) in [6.45, 7) is 6.30. The minimum Gasteiger partial charge on any atom is -0.377 e. The van der Waals surface area contributed by atoms with Crippen molar-refractivity contribution < 1.29 is 42.1 Å². The number of amides is 2. The lowest BCUT2D eigenvalue weighted by molar-refractivity contribution is -0.173. The quantitative estimate of drug-likeness (QED) is 0.165. The standard InChI is InChI=1S/C17H31F3N2O6S2/c1-13(23)28-12-29-30-16(2,3)5-4-14(24)21-6-8-26-10-11-27-9-7-22-15(25)17(18,19)20/h13,23H,4-12H2,1-3H3,(H,21,24)(H,22,25). The number of hydrogen-bond donors (Lipinski definition) is 3. The van der Waals surface area contributed by atoms with E-state index in [4.69, 9.17) is 19.3 Å². The lowest BCUT2D eigenvalue weighted by Crippen LogP contribution is -2.38. The fourth-order valence-electron chi connectivity index (χ4n) is 1.78. The molecule has 0 aromatic heterocycles. The second-order valence-electron chi connectivity index (χ2n) is 6.67. The SMILES string of the molecule is CC(O)OCSSC(C)(C)CCC(=O)NCCOCCOCCNC(=O)C(F)(F)F. The maximum atomic E-state index is 11.9. The van der Waals surface area contributed by atoms with Crippen molar-refractivity contribution >= 4 is 33.4 Å². The number of rotatable bonds is 17. The summed E-state index contributed by atoms with van der Waals surface area (Å²) in [6.07, 6.45) is -4.66. The molecule has 30 heavy (non-hydrogen) atoms. The van der Waals surface area contributed by atoms with Crippen LogP contribution in [0.5, 0.6) is 0 Å². The average Bonchev–Trinajstić information content (AvgIpc) is 2.64. The molecule has 0 aliphatic carbocycles. The summed E-state index contributed by atoms with van der Waals surface area (Å²) in [7, 11) is 3.07. The third kappa shape index (κ3) is 18.1. The minimum atomic E-state index is -4.89. The van der Waals surface area contributed by atoms with Gasteiger partial charge >= 0.3 is 12.1 Å². The van der Waals surface area contributed by atoms with Gasteiger partial charge in [0.25, 0.3) is 0 Å². The fourth-order valence-corrected chi connectivity index (χ4v) is 4.10. The van der Waals surface area contributed by atoms with Gasteiger partial charge in [0, 0.05) is 24.3 Å². The molecule has 1 unspecified atom stereocenters. The molecule has 0 aromatic rings. The first-order chi connectivity index (χ1) is 13.9. The number of alkyl halides is 3. The van der Waals surface area contributed by atoms with Crippen molar-refractivity contribution in [2.24, 2.45) is 0 Å². The van der Waals surface area contributed by atoms with Crippen molar-refractivity contribution in [2.45, 2.75) is 50.8 Å². The topological polar surface area (TPSA) is 106 Å². The average molecular weight is 481 g/mol. The summed E-state index contributed by atoms with van der Waals surface area (Å²) in [4.78, 5) is 22.4. The van der Waals surface area contributed by atoms with Crippen LogP contribution in [0.25, 0.3) is 0 Å². The Labute approximate surface area is 182 Å². The van der Waals surface area contributed by atoms with E-state index in [1.807, 2.05) is 13.8 Å². The minimum absolute atomic E-state index is 0.0564. The summed E-state index contributed by atoms with van der Waals surface area (Å²) < 4.78 is 51.0. The highest BCUT2D eigenvalue weighted by atomic mass is 33.1. The zero-order chi connectivity index (χ0) is 23.0. The number of aliphatic hydroxyl groups is 1. The van der Waals surface area contributed by atoms with Gasteiger partial charge in [-0.1, -0.05) is 21.6 Å². The van der Waals surface area contributed by atoms with Crippen LogP contribution in [0.4, 0.5) is 13.2 Å². The Kier molecular flexibility index (Phi) is 15.6. The second kappa shape index (κ2) is 16.0. The summed E-state index contributed by atoms with van der Waals surface area (Å²) in [5, 5.41) is 13.5. The number of carbonyl (C=O) groups excluding carboxylic acids is 2. The first-order valence-electron chi connectivity index (χ1n) is 9.31. The van der Waals surface area contributed by atoms with E-state index in [2.05, 4.69) is 5.32 Å². The highest BCUT2D eigenvalue weighted by Crippen LogP contribution is 2.38. The number of nitrogens with one attached hydrogen (secondary N) is 2. The normalized spacial score (nSPS) is 13.2. The summed E-state index contributed by atoms with van der Waals surface area (Å²) in [5.41, 5.74) is 0. The van der Waals surface area contributed by atoms with Crippen LogP contribution < -0.4 is 10.6 Å². The molecule has 0 heterocycles. The highest BCUT2D eigenvalue weighted by Gasteiger charge is 2.38. The molecular weight excluding hydrogens is 449 g/mol. The molecule has 0 fully saturated rings. The predicted molar refractivity (Wildman–Crippen MR) is 110 cm³/mol. The van der Waals surface area contributed by atoms with E-state index in [1.165, 1.54) is 10.8 Å². The smallest absolute Gasteiger partial charge is 0.377 e. The first-order valence-corrected chi connectivity index (χ1v) is 11.6. The Hall–Kier alpha value is -0.730. The summed E-state index contributed by atoms with van der Waals surface area (Å²) >= 11 is 0. The zero-order valence-corrected chi connectivity index (χ0v) is 19.0. The lowest BCUT2D eigenvalue weighted by atomic mass is 10.1. The van der Waals surface area contributed by atoms with Crippen molar-refractivity contribution in [3.63, 3.8) is 0 Å². The molecule has 0 spiro atoms. The maximum Gasteiger partial charge on any atom is 0.471 e. The predicted octanol–water partition coefficient (Wildman–Crippen LogP) is 2.07. The monoisotopic (exact) mass is 480 g/mol. The Bertz CT molecular complexity index is 497. The Morgan fingerprint density at radius 1 is 1.03 bits per heavy atom. The van der Waals surface area contributed by atoms with Crippen LogP contribution in [0.2, 0.25) is 0 Å². The maximum absolute atomic E-state index is 11.9. The molecule has 0 bridgehead atoms. The fraction of sp³-hybridized carbons (Fsp3) is 0.882. The number of hydrogen-bond acceptors (Lipinski definition) is 8. The molecule has 0 aliphatic rings. The van der Waals surface area contributed by atoms with E-state index < -0.39 is 18.4 Å². The largest absolute Gasteiger partial charge is 0.471 e. The van der Waals surface area contributed by atoms with Crippen LogP contribution >= 0.6 is 21.6 Å². The molecule has 8 nitrogen and oxygen atoms in total. The van der Waals surface area contributed by atoms with Crippen molar-refractivity contribution in [3.05, 3.63) is 0 Å². The van der Waals surface area contributed by atoms with Gasteiger partial charge in [-0.25, -0.2) is 0 Å². The Morgan fingerprint density at radius 3 is 2.13 bits per heavy atom. The molecule has 0 saturated carbocycles. The van der Waals surface area contributed by atoms with Crippen molar-refractivity contribution in [1.82, 2.24) is 10.6 Å². The lowest BCUT2D eigenvalue weighted by Gasteiger charge is -2.23. The molecule has 1 atom stereocenters. The van der Waals surface area contributed by atoms with Crippen molar-refractivity contribution in [3.8, 4) is 0 Å². The van der Waals surface area contributed by atoms with Gasteiger partial charge in [-0.3, -0.25) is 9.59 Å². The van der Waals surface area contributed by atoms with E-state index in [0.29, 0.717) is 25.3 Å². The molecule has 3 N–H and O–H groups in total. The molecule has 178 valence electrons. The van der Waals surface area contributed by atoms with E-state index in [-0.39, 0.29) is 43.6 Å². The van der Waals surface area contributed by atoms with Crippen LogP contribution in [-0.2, 0) is 23.8 Å². The van der Waals surface area contributed by atoms with Gasteiger partial charge < -0.3 is 30.0 Å². The third-order valence-electron chi connectivity index (χ3n) is 3.33. The van der Waals surface area contributed by atoms with E-state index in [1.54, 1.807) is 23.0 Å². The third-order valence-corrected chi connectivity index (χ3v) is 6.33. The van der Waals surface area contributed by atoms with Gasteiger partial charge in [-0.2, -0.15) is 13.2 Å². The number of ether oxygens (including phenoxy) is 3. The zero-order valence-electron chi connectivity index (χ0n) is 17.4. The summed E-state index contributed by atoms with van der Waals surface area (Å²) in [6, 6.07) is 0. The van der Waals surface area contributed by atoms with Gasteiger partial charge in [-0.15, -0.1) is 0 Å². The molecule has 0 saturated heterocycles. The highest BCUT2D eigenvalue weighted by molar-refractivity contribution is 8.77. The van der Waals surface area contributed by atoms with Gasteiger partial charge in [0.05, 0.1) is 26.4 Å². The van der Waals surface area contributed by atoms with Gasteiger partial charge in [0.2, 0.25) is 5.91 Å². The van der Waals surface area contributed by atoms with E-state index in [9.17, 15) is 22.8 Å². The molecule has 0 aromatic carbocycles. The van der Waals surface area contributed by atoms with Crippen LogP contribution in [0.15, 0.2) is 0 Å². The Balaban J connectivity index is 3.55. The van der Waals surface area contributed by atoms with Crippen molar-refractivity contribution in [1.29, 1.82) is 0 Å². The van der Waals surface area contributed by atoms with Crippen LogP contribution in [0.3, 0.4) is 0 Å². The summed E-state index contributed by atoms with van der Waals surface area (Å²) in [5.74, 6) is -1.72. The van der Waals surface area contributed by atoms with Crippen LogP contribution in [0.1, 0.15) is 33.6 Å². The van der Waals surface area contributed by atoms with Crippen LogP contribution in [-0.4, -0.2) is 79.6 Å². The van der Waals surface area contributed by atoms with Crippen LogP contribution in [0, 0.1) is 0 Å². The molecule has 0 rings (SSSR count). The molecule has 13 heteroatoms. The Morgan fingerprint density at radius 2 is 1.60 bits per heavy atom. The molecule has 2 amide bonds. The molecular formula is C17H31F3N2O6S2. The number of halogens is 3. The van der Waals surface area contributed by atoms with Gasteiger partial charge in [0.15, 0.2) is 6.29 Å². The van der Waals surface area contributed by atoms with E-state index in [0.717, 1.165) is 0 Å². The number of aliphatic hydroxyl groups excluding tert-OH is 1. The number of carbonyl (C=O) groups is 2. The van der Waals surface area contributed by atoms with E-state index >= 15 is 0 Å². The first kappa shape index (κ1) is 29.3. The van der Waals surface area contributed by atoms with Gasteiger partial charge in [-0.05, 0) is 27.2 Å². The molecule has 0 radical (unpaired) electrons. The van der Waals surface area contributed by atoms with Gasteiger partial charge in [0.1, 0.15) is 5.94 Å².